The molecule has 9 aliphatic rings. The normalized spacial score (nSPS) is 33.4. The third kappa shape index (κ3) is 19.3. The van der Waals surface area contributed by atoms with Crippen molar-refractivity contribution in [1.82, 2.24) is 26.3 Å². The number of ether oxygens (including phenoxy) is 9. The fraction of sp³-hybridized carbons (Fsp3) is 0.729. The molecule has 0 aromatic heterocycles. The van der Waals surface area contributed by atoms with E-state index in [0.29, 0.717) is 86.9 Å². The van der Waals surface area contributed by atoms with Crippen LogP contribution in [0.1, 0.15) is 174 Å². The molecule has 9 saturated heterocycles. The van der Waals surface area contributed by atoms with Crippen LogP contribution in [-0.2, 0) is 87.6 Å². The number of nitrogens with one attached hydrogen (secondary N) is 5. The van der Waals surface area contributed by atoms with Gasteiger partial charge in [0.25, 0.3) is 11.8 Å². The maximum atomic E-state index is 14.5. The van der Waals surface area contributed by atoms with Gasteiger partial charge in [-0.05, 0) is 111 Å². The number of hydrogen-bond acceptors (Lipinski definition) is 21. The number of nitrogens with zero attached hydrogens (tertiary/aromatic N) is 1. The Morgan fingerprint density at radius 2 is 1.49 bits per heavy atom. The van der Waals surface area contributed by atoms with Gasteiger partial charge in [-0.25, -0.2) is 14.4 Å². The molecule has 9 fully saturated rings. The molecule has 1 aromatic carbocycles. The number of hydrogen-bond donors (Lipinski definition) is 8. The summed E-state index contributed by atoms with van der Waals surface area (Å²) in [5.74, 6) is -5.27. The molecule has 1 aromatic rings. The molecule has 0 saturated carbocycles. The lowest BCUT2D eigenvalue weighted by molar-refractivity contribution is -0.277. The highest BCUT2D eigenvalue weighted by Crippen LogP contribution is 2.49. The van der Waals surface area contributed by atoms with Crippen LogP contribution in [0.4, 0.5) is 15.3 Å². The van der Waals surface area contributed by atoms with Crippen molar-refractivity contribution in [2.24, 2.45) is 23.5 Å². The number of unbranched alkanes of at least 4 members (excludes halogenated alkanes) is 2. The first-order valence-corrected chi connectivity index (χ1v) is 35.3. The standard InChI is InChI=1S/C70H101N7O21/c1-37(2)62(76-58(81)12-8-7-9-13-61(84)98-77-59(82)22-23-60(77)83)67(86)75-49(11-10-26-72-68(71)87)66(85)74-42-16-14-41(15-17-42)36-90-69(88)73-35-44(79)31-55-63(89-6)48-30-43(78)29-46-19-21-52-65(93-46)57-33-56(94-52)64-50(80)34-70(96-57,97-64)25-24-47-28-39(4)51(91-47)20-18-45-27-38(3)40(5)53(92-45)32-54(48)95-55/h14-17,37-38,44-57,62-65,79-80H,4-5,7-13,18-36H2,1-3,6H3,(H,73,88)(H,74,85)(H,75,86)(H,76,81)(H3,71,72,87)/t38-,44+,45+,46-,47+,48+,49+,50-,51+,52+,53-,54?,55-,56?,57-,62+,63-,64-,65+,70-/m1/s1. The number of anilines is 1. The first-order valence-electron chi connectivity index (χ1n) is 35.3. The highest BCUT2D eigenvalue weighted by molar-refractivity contribution is 6.01. The number of aliphatic hydroxyl groups excluding tert-OH is 2. The highest BCUT2D eigenvalue weighted by Gasteiger charge is 2.60. The number of rotatable bonds is 24. The summed E-state index contributed by atoms with van der Waals surface area (Å²) < 4.78 is 59.1. The molecule has 0 radical (unpaired) electrons. The summed E-state index contributed by atoms with van der Waals surface area (Å²) in [5, 5.41) is 36.7. The summed E-state index contributed by atoms with van der Waals surface area (Å²) >= 11 is 0. The van der Waals surface area contributed by atoms with Gasteiger partial charge >= 0.3 is 18.1 Å². The summed E-state index contributed by atoms with van der Waals surface area (Å²) in [6.07, 6.45) is 0.786. The lowest BCUT2D eigenvalue weighted by Crippen LogP contribution is -2.58. The zero-order valence-corrected chi connectivity index (χ0v) is 56.8. The largest absolute Gasteiger partial charge is 0.445 e. The number of carbonyl (C=O) groups excluding carboxylic acids is 9. The first-order chi connectivity index (χ1) is 46.9. The molecule has 98 heavy (non-hydrogen) atoms. The van der Waals surface area contributed by atoms with Crippen LogP contribution >= 0.6 is 0 Å². The number of primary amides is 1. The van der Waals surface area contributed by atoms with Crippen LogP contribution in [0.15, 0.2) is 48.6 Å². The van der Waals surface area contributed by atoms with Crippen molar-refractivity contribution in [2.75, 3.05) is 25.5 Å². The monoisotopic (exact) mass is 1380 g/mol. The van der Waals surface area contributed by atoms with Gasteiger partial charge in [0.05, 0.1) is 79.4 Å². The topological polar surface area (TPSA) is 376 Å². The minimum atomic E-state index is -1.12. The number of methoxy groups -OCH3 is 1. The average Bonchev–Trinajstić information content (AvgIpc) is 1.59. The van der Waals surface area contributed by atoms with Crippen molar-refractivity contribution in [1.29, 1.82) is 0 Å². The second-order valence-corrected chi connectivity index (χ2v) is 28.5. The summed E-state index contributed by atoms with van der Waals surface area (Å²) in [6.45, 7) is 14.3. The number of hydroxylamine groups is 2. The number of Topliss-reactive ketones (excluding diaryl/α,β-unsaturated/α-hetero) is 1. The van der Waals surface area contributed by atoms with Crippen LogP contribution in [0.5, 0.6) is 0 Å². The molecular formula is C70H101N7O21. The molecular weight excluding hydrogens is 1270 g/mol. The molecule has 9 N–H and O–H groups in total. The Balaban J connectivity index is 0.709. The number of nitrogens with two attached hydrogens (primary N) is 1. The van der Waals surface area contributed by atoms with Gasteiger partial charge in [0.2, 0.25) is 17.7 Å². The molecule has 10 rings (SSSR count). The Bertz CT molecular complexity index is 3030. The Morgan fingerprint density at radius 1 is 0.755 bits per heavy atom. The summed E-state index contributed by atoms with van der Waals surface area (Å²) in [5.41, 5.74) is 8.14. The van der Waals surface area contributed by atoms with Gasteiger partial charge in [0.1, 0.15) is 36.7 Å². The van der Waals surface area contributed by atoms with Crippen molar-refractivity contribution in [2.45, 2.75) is 284 Å². The molecule has 28 nitrogen and oxygen atoms in total. The molecule has 8 amide bonds. The van der Waals surface area contributed by atoms with Crippen molar-refractivity contribution < 1.29 is 101 Å². The number of fused-ring (bicyclic) bond motifs is 9. The van der Waals surface area contributed by atoms with Crippen LogP contribution in [0.3, 0.4) is 0 Å². The van der Waals surface area contributed by atoms with Crippen molar-refractivity contribution >= 4 is 59.1 Å². The van der Waals surface area contributed by atoms with E-state index in [-0.39, 0.29) is 132 Å². The molecule has 9 heterocycles. The van der Waals surface area contributed by atoms with Gasteiger partial charge in [0.15, 0.2) is 5.79 Å². The van der Waals surface area contributed by atoms with Crippen molar-refractivity contribution in [3.8, 4) is 0 Å². The Hall–Kier alpha value is -6.47. The second kappa shape index (κ2) is 33.8. The van der Waals surface area contributed by atoms with Gasteiger partial charge < -0.3 is 90.0 Å². The summed E-state index contributed by atoms with van der Waals surface area (Å²) in [6, 6.07) is 3.53. The van der Waals surface area contributed by atoms with E-state index in [9.17, 15) is 53.4 Å². The predicted octanol–water partition coefficient (Wildman–Crippen LogP) is 4.96. The minimum Gasteiger partial charge on any atom is -0.445 e. The van der Waals surface area contributed by atoms with E-state index in [1.165, 1.54) is 0 Å². The first kappa shape index (κ1) is 74.2. The summed E-state index contributed by atoms with van der Waals surface area (Å²) in [4.78, 5) is 120. The Labute approximate surface area is 571 Å². The second-order valence-electron chi connectivity index (χ2n) is 28.5. The van der Waals surface area contributed by atoms with E-state index in [1.54, 1.807) is 45.2 Å². The number of alkyl carbamates (subject to hydrolysis) is 1. The third-order valence-corrected chi connectivity index (χ3v) is 20.8. The maximum absolute atomic E-state index is 14.5. The van der Waals surface area contributed by atoms with Gasteiger partial charge in [-0.1, -0.05) is 52.5 Å². The number of imide groups is 1. The zero-order valence-electron chi connectivity index (χ0n) is 56.8. The number of aliphatic hydroxyl groups is 2. The minimum absolute atomic E-state index is 0.0173. The number of urea groups is 1. The third-order valence-electron chi connectivity index (χ3n) is 20.8. The fourth-order valence-electron chi connectivity index (χ4n) is 15.5. The van der Waals surface area contributed by atoms with Gasteiger partial charge in [-0.3, -0.25) is 28.8 Å². The van der Waals surface area contributed by atoms with Crippen molar-refractivity contribution in [3.63, 3.8) is 0 Å². The van der Waals surface area contributed by atoms with E-state index in [2.05, 4.69) is 46.7 Å². The van der Waals surface area contributed by atoms with E-state index in [4.69, 9.17) is 53.2 Å². The van der Waals surface area contributed by atoms with E-state index < -0.39 is 126 Å². The van der Waals surface area contributed by atoms with E-state index >= 15 is 0 Å². The van der Waals surface area contributed by atoms with Crippen molar-refractivity contribution in [3.05, 3.63) is 54.1 Å². The molecule has 28 heteroatoms. The lowest BCUT2D eigenvalue weighted by atomic mass is 9.81. The van der Waals surface area contributed by atoms with Crippen LogP contribution in [0.25, 0.3) is 0 Å². The zero-order chi connectivity index (χ0) is 69.9. The quantitative estimate of drug-likeness (QED) is 0.0385. The van der Waals surface area contributed by atoms with Crippen LogP contribution < -0.4 is 32.3 Å². The molecule has 542 valence electrons. The van der Waals surface area contributed by atoms with Gasteiger partial charge in [0, 0.05) is 102 Å². The van der Waals surface area contributed by atoms with Gasteiger partial charge in [-0.15, -0.1) is 5.06 Å². The molecule has 0 aliphatic carbocycles. The molecule has 20 atom stereocenters. The summed E-state index contributed by atoms with van der Waals surface area (Å²) in [7, 11) is 1.57. The van der Waals surface area contributed by atoms with E-state index in [0.717, 1.165) is 30.4 Å². The molecule has 1 spiro atoms. The Morgan fingerprint density at radius 3 is 2.23 bits per heavy atom. The predicted molar refractivity (Wildman–Crippen MR) is 348 cm³/mol. The fourth-order valence-corrected chi connectivity index (χ4v) is 15.5. The smallest absolute Gasteiger partial charge is 0.407 e. The molecule has 2 unspecified atom stereocenters. The van der Waals surface area contributed by atoms with Crippen LogP contribution in [0, 0.1) is 17.8 Å². The molecule has 9 aliphatic heterocycles. The van der Waals surface area contributed by atoms with Crippen LogP contribution in [0.2, 0.25) is 0 Å². The SMILES string of the molecule is C=C1C[C@@H]2CC[C@]34C[C@@H](O)[C@@H](O3)C3C[C@@H](O4)[C@H]4O[C@H](CC[C@@H]4O3)CC(=O)C[C@H]3C(C[C@H]4O[C@@H](CC[C@@H]1O2)C[C@@H](C)C4=C)O[C@H](C[C@H](O)CNC(=O)OCc1ccc(NC(=O)[C@H](CCCNC(N)=O)NC(=O)[C@@H](NC(=O)CCCCCC(=O)ON2C(=O)CCC2=O)C(C)C)cc1)[C@@H]3OC. The number of ketones is 1. The van der Waals surface area contributed by atoms with Gasteiger partial charge in [-0.2, -0.15) is 0 Å². The lowest BCUT2D eigenvalue weighted by Gasteiger charge is -2.47. The number of carbonyl (C=O) groups is 9. The maximum Gasteiger partial charge on any atom is 0.407 e. The average molecular weight is 1380 g/mol. The van der Waals surface area contributed by atoms with E-state index in [1.807, 2.05) is 0 Å². The number of benzene rings is 1. The number of amides is 8. The molecule has 10 bridgehead atoms. The van der Waals surface area contributed by atoms with Crippen LogP contribution in [-0.4, -0.2) is 198 Å². The Kier molecular flexibility index (Phi) is 25.6. The highest BCUT2D eigenvalue weighted by atomic mass is 16.7.